The lowest BCUT2D eigenvalue weighted by atomic mass is 9.82. The van der Waals surface area contributed by atoms with Crippen molar-refractivity contribution in [3.8, 4) is 44.5 Å². The van der Waals surface area contributed by atoms with E-state index in [4.69, 9.17) is 0 Å². The van der Waals surface area contributed by atoms with Crippen molar-refractivity contribution in [3.63, 3.8) is 0 Å². The van der Waals surface area contributed by atoms with E-state index in [0.29, 0.717) is 0 Å². The quantitative estimate of drug-likeness (QED) is 0.154. The first-order valence-electron chi connectivity index (χ1n) is 20.2. The second kappa shape index (κ2) is 13.5. The Morgan fingerprint density at radius 3 is 1.48 bits per heavy atom. The summed E-state index contributed by atoms with van der Waals surface area (Å²) in [5, 5.41) is 7.57. The van der Waals surface area contributed by atoms with Crippen LogP contribution in [0.4, 0.5) is 17.1 Å². The van der Waals surface area contributed by atoms with Crippen molar-refractivity contribution in [2.75, 3.05) is 4.90 Å². The molecule has 11 rings (SSSR count). The average Bonchev–Trinajstić information content (AvgIpc) is 3.52. The summed E-state index contributed by atoms with van der Waals surface area (Å²) < 4.78 is 0. The molecule has 0 saturated carbocycles. The molecule has 1 nitrogen and oxygen atoms in total. The van der Waals surface area contributed by atoms with E-state index in [2.05, 4.69) is 231 Å². The maximum absolute atomic E-state index is 2.42. The first kappa shape index (κ1) is 34.1. The highest BCUT2D eigenvalue weighted by atomic mass is 15.1. The van der Waals surface area contributed by atoms with E-state index in [1.165, 1.54) is 88.0 Å². The second-order valence-electron chi connectivity index (χ2n) is 16.2. The number of anilines is 3. The van der Waals surface area contributed by atoms with Gasteiger partial charge in [0.2, 0.25) is 0 Å². The van der Waals surface area contributed by atoms with Gasteiger partial charge in [0.1, 0.15) is 0 Å². The lowest BCUT2D eigenvalue weighted by molar-refractivity contribution is 0.660. The number of benzene rings is 10. The topological polar surface area (TPSA) is 3.24 Å². The maximum Gasteiger partial charge on any atom is 0.0465 e. The van der Waals surface area contributed by atoms with E-state index < -0.39 is 0 Å². The lowest BCUT2D eigenvalue weighted by Crippen LogP contribution is -2.16. The average molecular weight is 740 g/mol. The van der Waals surface area contributed by atoms with Crippen LogP contribution in [0.1, 0.15) is 25.0 Å². The summed E-state index contributed by atoms with van der Waals surface area (Å²) in [7, 11) is 0. The van der Waals surface area contributed by atoms with Crippen molar-refractivity contribution < 1.29 is 0 Å². The summed E-state index contributed by atoms with van der Waals surface area (Å²) in [6, 6.07) is 78.2. The zero-order chi connectivity index (χ0) is 38.8. The van der Waals surface area contributed by atoms with Gasteiger partial charge < -0.3 is 4.90 Å². The molecular formula is C57H41N. The third-order valence-electron chi connectivity index (χ3n) is 12.5. The van der Waals surface area contributed by atoms with E-state index in [9.17, 15) is 0 Å². The van der Waals surface area contributed by atoms with E-state index in [1.54, 1.807) is 0 Å². The Labute approximate surface area is 340 Å². The molecule has 58 heavy (non-hydrogen) atoms. The van der Waals surface area contributed by atoms with Crippen LogP contribution in [-0.2, 0) is 5.41 Å². The predicted octanol–water partition coefficient (Wildman–Crippen LogP) is 15.9. The van der Waals surface area contributed by atoms with E-state index in [-0.39, 0.29) is 5.41 Å². The molecule has 10 aromatic carbocycles. The van der Waals surface area contributed by atoms with Crippen molar-refractivity contribution in [3.05, 3.63) is 223 Å². The summed E-state index contributed by atoms with van der Waals surface area (Å²) in [4.78, 5) is 2.41. The SMILES string of the molecule is CC1(C)c2ccccc2-c2ccc(N(c3ccc(-c4ccc5ccc6ccc(-c7ccccc7)cc6c5c4)cc3)c3ccc(-c4cccc5ccccc45)cc3)cc21. The molecule has 0 radical (unpaired) electrons. The van der Waals surface area contributed by atoms with Crippen LogP contribution < -0.4 is 4.90 Å². The van der Waals surface area contributed by atoms with Gasteiger partial charge in [0.25, 0.3) is 0 Å². The van der Waals surface area contributed by atoms with Crippen LogP contribution in [0.3, 0.4) is 0 Å². The first-order chi connectivity index (χ1) is 28.5. The van der Waals surface area contributed by atoms with Gasteiger partial charge in [-0.2, -0.15) is 0 Å². The molecule has 274 valence electrons. The number of nitrogens with zero attached hydrogens (tertiary/aromatic N) is 1. The zero-order valence-electron chi connectivity index (χ0n) is 32.7. The third-order valence-corrected chi connectivity index (χ3v) is 12.5. The van der Waals surface area contributed by atoms with Crippen LogP contribution in [0.25, 0.3) is 76.8 Å². The molecule has 0 bridgehead atoms. The van der Waals surface area contributed by atoms with Gasteiger partial charge in [-0.3, -0.25) is 0 Å². The van der Waals surface area contributed by atoms with Gasteiger partial charge in [-0.05, 0) is 136 Å². The molecule has 0 unspecified atom stereocenters. The molecule has 0 atom stereocenters. The fraction of sp³-hybridized carbons (Fsp3) is 0.0526. The first-order valence-corrected chi connectivity index (χ1v) is 20.2. The molecule has 0 saturated heterocycles. The van der Waals surface area contributed by atoms with Gasteiger partial charge in [0.05, 0.1) is 0 Å². The summed E-state index contributed by atoms with van der Waals surface area (Å²) in [6.07, 6.45) is 0. The molecule has 0 spiro atoms. The van der Waals surface area contributed by atoms with Crippen LogP contribution in [0.15, 0.2) is 212 Å². The van der Waals surface area contributed by atoms with Gasteiger partial charge in [-0.1, -0.05) is 178 Å². The molecule has 0 aliphatic heterocycles. The van der Waals surface area contributed by atoms with Gasteiger partial charge in [-0.15, -0.1) is 0 Å². The number of rotatable bonds is 6. The van der Waals surface area contributed by atoms with Crippen molar-refractivity contribution >= 4 is 49.4 Å². The van der Waals surface area contributed by atoms with Crippen molar-refractivity contribution in [1.29, 1.82) is 0 Å². The fourth-order valence-corrected chi connectivity index (χ4v) is 9.39. The lowest BCUT2D eigenvalue weighted by Gasteiger charge is -2.28. The number of fused-ring (bicyclic) bond motifs is 7. The van der Waals surface area contributed by atoms with E-state index >= 15 is 0 Å². The van der Waals surface area contributed by atoms with Crippen LogP contribution >= 0.6 is 0 Å². The summed E-state index contributed by atoms with van der Waals surface area (Å²) >= 11 is 0. The van der Waals surface area contributed by atoms with Gasteiger partial charge in [0.15, 0.2) is 0 Å². The van der Waals surface area contributed by atoms with Crippen LogP contribution in [0.5, 0.6) is 0 Å². The normalized spacial score (nSPS) is 12.8. The number of hydrogen-bond donors (Lipinski definition) is 0. The third kappa shape index (κ3) is 5.62. The van der Waals surface area contributed by atoms with Gasteiger partial charge in [0, 0.05) is 22.5 Å². The highest BCUT2D eigenvalue weighted by Gasteiger charge is 2.35. The van der Waals surface area contributed by atoms with E-state index in [0.717, 1.165) is 17.1 Å². The highest BCUT2D eigenvalue weighted by Crippen LogP contribution is 2.51. The predicted molar refractivity (Wildman–Crippen MR) is 248 cm³/mol. The summed E-state index contributed by atoms with van der Waals surface area (Å²) in [5.74, 6) is 0. The Morgan fingerprint density at radius 1 is 0.293 bits per heavy atom. The Balaban J connectivity index is 1.01. The van der Waals surface area contributed by atoms with Crippen molar-refractivity contribution in [1.82, 2.24) is 0 Å². The Morgan fingerprint density at radius 2 is 0.776 bits per heavy atom. The second-order valence-corrected chi connectivity index (χ2v) is 16.2. The summed E-state index contributed by atoms with van der Waals surface area (Å²) in [6.45, 7) is 4.71. The monoisotopic (exact) mass is 739 g/mol. The molecule has 1 heteroatoms. The molecule has 0 aromatic heterocycles. The molecule has 0 N–H and O–H groups in total. The van der Waals surface area contributed by atoms with Crippen LogP contribution in [0.2, 0.25) is 0 Å². The van der Waals surface area contributed by atoms with Crippen molar-refractivity contribution in [2.45, 2.75) is 19.3 Å². The van der Waals surface area contributed by atoms with Crippen molar-refractivity contribution in [2.24, 2.45) is 0 Å². The minimum absolute atomic E-state index is 0.0994. The molecular weight excluding hydrogens is 699 g/mol. The molecule has 1 aliphatic carbocycles. The molecule has 10 aromatic rings. The minimum Gasteiger partial charge on any atom is -0.310 e. The van der Waals surface area contributed by atoms with E-state index in [1.807, 2.05) is 0 Å². The largest absolute Gasteiger partial charge is 0.310 e. The maximum atomic E-state index is 2.42. The standard InChI is InChI=1S/C57H41N/c1-57(2)55-18-9-8-16-51(55)52-34-33-48(37-56(52)57)58(47-31-27-41(28-32-47)50-17-10-14-40-13-6-7-15-49(40)50)46-29-25-39(26-30-46)45-24-22-43-20-19-42-21-23-44(35-53(42)54(43)36-45)38-11-4-3-5-12-38/h3-37H,1-2H3. The Kier molecular flexibility index (Phi) is 7.91. The van der Waals surface area contributed by atoms with Gasteiger partial charge >= 0.3 is 0 Å². The minimum atomic E-state index is -0.0994. The van der Waals surface area contributed by atoms with Gasteiger partial charge in [-0.25, -0.2) is 0 Å². The van der Waals surface area contributed by atoms with Crippen LogP contribution in [-0.4, -0.2) is 0 Å². The molecule has 1 aliphatic rings. The molecule has 0 fully saturated rings. The van der Waals surface area contributed by atoms with Crippen LogP contribution in [0, 0.1) is 0 Å². The molecule has 0 heterocycles. The summed E-state index contributed by atoms with van der Waals surface area (Å²) in [5.41, 5.74) is 16.0. The zero-order valence-corrected chi connectivity index (χ0v) is 32.7. The molecule has 0 amide bonds. The Hall–Kier alpha value is -7.22. The smallest absolute Gasteiger partial charge is 0.0465 e. The Bertz CT molecular complexity index is 3170. The highest BCUT2D eigenvalue weighted by molar-refractivity contribution is 6.10. The number of hydrogen-bond acceptors (Lipinski definition) is 1. The fourth-order valence-electron chi connectivity index (χ4n) is 9.39.